The third-order valence-electron chi connectivity index (χ3n) is 2.13. The van der Waals surface area contributed by atoms with Crippen LogP contribution < -0.4 is 5.32 Å². The van der Waals surface area contributed by atoms with Crippen LogP contribution in [0, 0.1) is 0 Å². The number of amides is 2. The first-order chi connectivity index (χ1) is 5.93. The summed E-state index contributed by atoms with van der Waals surface area (Å²) in [6.45, 7) is 1.68. The zero-order valence-electron chi connectivity index (χ0n) is 7.83. The zero-order chi connectivity index (χ0) is 10.1. The summed E-state index contributed by atoms with van der Waals surface area (Å²) in [4.78, 5) is 22.7. The zero-order valence-corrected chi connectivity index (χ0v) is 7.83. The van der Waals surface area contributed by atoms with Crippen LogP contribution in [-0.4, -0.2) is 41.1 Å². The van der Waals surface area contributed by atoms with Crippen molar-refractivity contribution in [3.05, 3.63) is 0 Å². The van der Waals surface area contributed by atoms with Crippen molar-refractivity contribution in [3.63, 3.8) is 0 Å². The molecule has 1 saturated carbocycles. The van der Waals surface area contributed by atoms with E-state index in [1.807, 2.05) is 6.92 Å². The van der Waals surface area contributed by atoms with Crippen molar-refractivity contribution in [2.75, 3.05) is 13.6 Å². The van der Waals surface area contributed by atoms with Gasteiger partial charge >= 0.3 is 12.0 Å². The molecule has 0 heterocycles. The van der Waals surface area contributed by atoms with E-state index in [2.05, 4.69) is 5.32 Å². The number of urea groups is 1. The van der Waals surface area contributed by atoms with E-state index in [1.54, 1.807) is 0 Å². The predicted molar refractivity (Wildman–Crippen MR) is 46.4 cm³/mol. The molecule has 0 aromatic heterocycles. The summed E-state index contributed by atoms with van der Waals surface area (Å²) in [6, 6.07) is -0.317. The summed E-state index contributed by atoms with van der Waals surface area (Å²) in [5, 5.41) is 11.2. The van der Waals surface area contributed by atoms with Gasteiger partial charge in [-0.2, -0.15) is 0 Å². The average Bonchev–Trinajstić information content (AvgIpc) is 2.66. The highest BCUT2D eigenvalue weighted by molar-refractivity contribution is 5.80. The van der Waals surface area contributed by atoms with Crippen LogP contribution in [0.5, 0.6) is 0 Å². The molecule has 2 N–H and O–H groups in total. The Hall–Kier alpha value is -1.26. The first kappa shape index (κ1) is 9.83. The van der Waals surface area contributed by atoms with E-state index in [4.69, 9.17) is 5.11 Å². The van der Waals surface area contributed by atoms with Crippen molar-refractivity contribution in [3.8, 4) is 0 Å². The van der Waals surface area contributed by atoms with Gasteiger partial charge in [-0.3, -0.25) is 4.79 Å². The third-order valence-corrected chi connectivity index (χ3v) is 2.13. The lowest BCUT2D eigenvalue weighted by molar-refractivity contribution is -0.137. The van der Waals surface area contributed by atoms with Gasteiger partial charge in [-0.1, -0.05) is 0 Å². The number of carboxylic acids is 1. The van der Waals surface area contributed by atoms with Crippen molar-refractivity contribution in [1.29, 1.82) is 0 Å². The molecule has 74 valence electrons. The second-order valence-electron chi connectivity index (χ2n) is 3.74. The van der Waals surface area contributed by atoms with Crippen molar-refractivity contribution < 1.29 is 14.7 Å². The lowest BCUT2D eigenvalue weighted by Gasteiger charge is -2.18. The molecule has 0 radical (unpaired) electrons. The molecule has 1 aliphatic carbocycles. The molecule has 2 amide bonds. The Labute approximate surface area is 76.7 Å². The normalized spacial score (nSPS) is 17.7. The minimum Gasteiger partial charge on any atom is -0.480 e. The standard InChI is InChI=1S/C8H14N2O3/c1-8(3-4-8)9-7(13)10(2)5-6(11)12/h3-5H2,1-2H3,(H,9,13)(H,11,12). The quantitative estimate of drug-likeness (QED) is 0.664. The van der Waals surface area contributed by atoms with Gasteiger partial charge in [0, 0.05) is 12.6 Å². The fourth-order valence-corrected chi connectivity index (χ4v) is 0.941. The molecule has 1 rings (SSSR count). The number of likely N-dealkylation sites (N-methyl/N-ethyl adjacent to an activating group) is 1. The van der Waals surface area contributed by atoms with Gasteiger partial charge in [0.15, 0.2) is 0 Å². The minimum atomic E-state index is -1.00. The molecule has 0 aromatic rings. The van der Waals surface area contributed by atoms with Gasteiger partial charge in [0.1, 0.15) is 6.54 Å². The molecule has 13 heavy (non-hydrogen) atoms. The largest absolute Gasteiger partial charge is 0.480 e. The highest BCUT2D eigenvalue weighted by atomic mass is 16.4. The van der Waals surface area contributed by atoms with Gasteiger partial charge in [-0.05, 0) is 19.8 Å². The summed E-state index contributed by atoms with van der Waals surface area (Å²) in [7, 11) is 1.47. The van der Waals surface area contributed by atoms with E-state index in [0.29, 0.717) is 0 Å². The lowest BCUT2D eigenvalue weighted by atomic mass is 10.3. The molecule has 5 heteroatoms. The van der Waals surface area contributed by atoms with Crippen LogP contribution in [0.25, 0.3) is 0 Å². The van der Waals surface area contributed by atoms with Crippen LogP contribution in [0.15, 0.2) is 0 Å². The number of rotatable bonds is 3. The Morgan fingerprint density at radius 3 is 2.46 bits per heavy atom. The van der Waals surface area contributed by atoms with E-state index >= 15 is 0 Å². The fraction of sp³-hybridized carbons (Fsp3) is 0.750. The third kappa shape index (κ3) is 2.93. The van der Waals surface area contributed by atoms with E-state index in [-0.39, 0.29) is 18.1 Å². The van der Waals surface area contributed by atoms with Gasteiger partial charge in [-0.25, -0.2) is 4.79 Å². The monoisotopic (exact) mass is 186 g/mol. The summed E-state index contributed by atoms with van der Waals surface area (Å²) >= 11 is 0. The van der Waals surface area contributed by atoms with Crippen LogP contribution in [-0.2, 0) is 4.79 Å². The second-order valence-corrected chi connectivity index (χ2v) is 3.74. The SMILES string of the molecule is CN(CC(=O)O)C(=O)NC1(C)CC1. The molecular weight excluding hydrogens is 172 g/mol. The Morgan fingerprint density at radius 1 is 1.54 bits per heavy atom. The summed E-state index contributed by atoms with van der Waals surface area (Å²) < 4.78 is 0. The fourth-order valence-electron chi connectivity index (χ4n) is 0.941. The highest BCUT2D eigenvalue weighted by Gasteiger charge is 2.39. The molecule has 0 saturated heterocycles. The van der Waals surface area contributed by atoms with Crippen LogP contribution in [0.4, 0.5) is 4.79 Å². The molecule has 0 unspecified atom stereocenters. The molecular formula is C8H14N2O3. The van der Waals surface area contributed by atoms with E-state index in [9.17, 15) is 9.59 Å². The smallest absolute Gasteiger partial charge is 0.323 e. The topological polar surface area (TPSA) is 69.6 Å². The number of carboxylic acid groups (broad SMARTS) is 1. The first-order valence-electron chi connectivity index (χ1n) is 4.18. The van der Waals surface area contributed by atoms with E-state index in [0.717, 1.165) is 17.7 Å². The van der Waals surface area contributed by atoms with Gasteiger partial charge in [0.25, 0.3) is 0 Å². The Kier molecular flexibility index (Phi) is 2.45. The first-order valence-corrected chi connectivity index (χ1v) is 4.18. The summed E-state index contributed by atoms with van der Waals surface area (Å²) in [5.41, 5.74) is -0.0934. The van der Waals surface area contributed by atoms with Gasteiger partial charge in [0.2, 0.25) is 0 Å². The number of carbonyl (C=O) groups is 2. The Morgan fingerprint density at radius 2 is 2.08 bits per heavy atom. The Balaban J connectivity index is 2.34. The molecule has 1 fully saturated rings. The van der Waals surface area contributed by atoms with E-state index in [1.165, 1.54) is 7.05 Å². The highest BCUT2D eigenvalue weighted by Crippen LogP contribution is 2.34. The molecule has 0 atom stereocenters. The number of aliphatic carboxylic acids is 1. The summed E-state index contributed by atoms with van der Waals surface area (Å²) in [6.07, 6.45) is 1.94. The molecule has 0 bridgehead atoms. The molecule has 0 aromatic carbocycles. The van der Waals surface area contributed by atoms with Gasteiger partial charge in [-0.15, -0.1) is 0 Å². The van der Waals surface area contributed by atoms with Crippen molar-refractivity contribution in [2.24, 2.45) is 0 Å². The lowest BCUT2D eigenvalue weighted by Crippen LogP contribution is -2.44. The van der Waals surface area contributed by atoms with Crippen molar-refractivity contribution >= 4 is 12.0 Å². The molecule has 0 aliphatic heterocycles. The number of hydrogen-bond donors (Lipinski definition) is 2. The minimum absolute atomic E-state index is 0.0934. The molecule has 1 aliphatic rings. The van der Waals surface area contributed by atoms with Gasteiger partial charge < -0.3 is 15.3 Å². The number of hydrogen-bond acceptors (Lipinski definition) is 2. The maximum absolute atomic E-state index is 11.3. The molecule has 0 spiro atoms. The van der Waals surface area contributed by atoms with Crippen LogP contribution >= 0.6 is 0 Å². The van der Waals surface area contributed by atoms with Crippen LogP contribution in [0.2, 0.25) is 0 Å². The number of carbonyl (C=O) groups excluding carboxylic acids is 1. The van der Waals surface area contributed by atoms with Crippen LogP contribution in [0.3, 0.4) is 0 Å². The summed E-state index contributed by atoms with van der Waals surface area (Å²) in [5.74, 6) is -1.00. The maximum atomic E-state index is 11.3. The number of nitrogens with one attached hydrogen (secondary N) is 1. The average molecular weight is 186 g/mol. The van der Waals surface area contributed by atoms with Crippen LogP contribution in [0.1, 0.15) is 19.8 Å². The number of nitrogens with zero attached hydrogens (tertiary/aromatic N) is 1. The van der Waals surface area contributed by atoms with Crippen molar-refractivity contribution in [1.82, 2.24) is 10.2 Å². The second kappa shape index (κ2) is 3.24. The van der Waals surface area contributed by atoms with Gasteiger partial charge in [0.05, 0.1) is 0 Å². The molecule has 5 nitrogen and oxygen atoms in total. The van der Waals surface area contributed by atoms with E-state index < -0.39 is 5.97 Å². The predicted octanol–water partition coefficient (Wildman–Crippen LogP) is 0.265. The van der Waals surface area contributed by atoms with Crippen molar-refractivity contribution in [2.45, 2.75) is 25.3 Å². The maximum Gasteiger partial charge on any atom is 0.323 e. The Bertz CT molecular complexity index is 236.